The lowest BCUT2D eigenvalue weighted by Gasteiger charge is -2.15. The molecule has 0 amide bonds. The monoisotopic (exact) mass is 356 g/mol. The third kappa shape index (κ3) is 4.57. The molecule has 0 heterocycles. The van der Waals surface area contributed by atoms with Gasteiger partial charge >= 0.3 is 0 Å². The van der Waals surface area contributed by atoms with E-state index in [2.05, 4.69) is 0 Å². The average Bonchev–Trinajstić information content (AvgIpc) is 2.65. The molecule has 2 rings (SSSR count). The Bertz CT molecular complexity index is 793. The quantitative estimate of drug-likeness (QED) is 0.518. The number of carbonyl (C=O) groups is 1. The molecule has 0 bridgehead atoms. The van der Waals surface area contributed by atoms with Gasteiger partial charge in [-0.15, -0.1) is 0 Å². The third-order valence-electron chi connectivity index (χ3n) is 3.67. The Morgan fingerprint density at radius 1 is 0.962 bits per heavy atom. The van der Waals surface area contributed by atoms with Crippen molar-refractivity contribution in [1.82, 2.24) is 0 Å². The van der Waals surface area contributed by atoms with Gasteiger partial charge in [-0.05, 0) is 50.3 Å². The molecular formula is C21H24O5. The minimum Gasteiger partial charge on any atom is -0.497 e. The molecule has 0 aromatic heterocycles. The number of ketones is 1. The molecule has 0 spiro atoms. The first-order chi connectivity index (χ1) is 12.5. The maximum absolute atomic E-state index is 12.7. The lowest BCUT2D eigenvalue weighted by Crippen LogP contribution is -2.08. The van der Waals surface area contributed by atoms with Gasteiger partial charge in [-0.3, -0.25) is 4.79 Å². The Hall–Kier alpha value is -2.95. The first-order valence-corrected chi connectivity index (χ1v) is 8.28. The summed E-state index contributed by atoms with van der Waals surface area (Å²) in [6, 6.07) is 10.6. The van der Waals surface area contributed by atoms with Gasteiger partial charge < -0.3 is 18.9 Å². The van der Waals surface area contributed by atoms with Gasteiger partial charge in [0.15, 0.2) is 17.3 Å². The standard InChI is InChI=1S/C21H24O5/c1-14(2)26-21-15(7-6-8-20(21)25-5)9-11-18(22)17-13-16(23-3)10-12-19(17)24-4/h6-14H,1-5H3/b11-9+. The zero-order valence-electron chi connectivity index (χ0n) is 15.7. The van der Waals surface area contributed by atoms with E-state index in [9.17, 15) is 4.79 Å². The molecule has 0 unspecified atom stereocenters. The fraction of sp³-hybridized carbons (Fsp3) is 0.286. The van der Waals surface area contributed by atoms with Crippen molar-refractivity contribution < 1.29 is 23.7 Å². The fourth-order valence-corrected chi connectivity index (χ4v) is 2.45. The number of methoxy groups -OCH3 is 3. The van der Waals surface area contributed by atoms with Crippen LogP contribution in [0, 0.1) is 0 Å². The van der Waals surface area contributed by atoms with Gasteiger partial charge in [0.1, 0.15) is 11.5 Å². The van der Waals surface area contributed by atoms with E-state index in [0.717, 1.165) is 5.56 Å². The Kier molecular flexibility index (Phi) is 6.67. The highest BCUT2D eigenvalue weighted by molar-refractivity contribution is 6.09. The number of para-hydroxylation sites is 1. The van der Waals surface area contributed by atoms with E-state index < -0.39 is 0 Å². The van der Waals surface area contributed by atoms with Gasteiger partial charge in [0.2, 0.25) is 0 Å². The second-order valence-corrected chi connectivity index (χ2v) is 5.81. The predicted octanol–water partition coefficient (Wildman–Crippen LogP) is 4.40. The molecule has 0 aliphatic heterocycles. The molecule has 0 aliphatic rings. The molecule has 2 aromatic rings. The van der Waals surface area contributed by atoms with Crippen LogP contribution in [-0.2, 0) is 0 Å². The molecule has 0 saturated carbocycles. The zero-order chi connectivity index (χ0) is 19.1. The summed E-state index contributed by atoms with van der Waals surface area (Å²) in [5, 5.41) is 0. The predicted molar refractivity (Wildman–Crippen MR) is 102 cm³/mol. The highest BCUT2D eigenvalue weighted by atomic mass is 16.5. The van der Waals surface area contributed by atoms with Gasteiger partial charge in [0.25, 0.3) is 0 Å². The smallest absolute Gasteiger partial charge is 0.189 e. The van der Waals surface area contributed by atoms with Crippen molar-refractivity contribution in [3.63, 3.8) is 0 Å². The Labute approximate surface area is 154 Å². The number of carbonyl (C=O) groups excluding carboxylic acids is 1. The van der Waals surface area contributed by atoms with Crippen molar-refractivity contribution in [2.24, 2.45) is 0 Å². The molecule has 5 nitrogen and oxygen atoms in total. The molecule has 0 N–H and O–H groups in total. The summed E-state index contributed by atoms with van der Waals surface area (Å²) in [5.74, 6) is 2.11. The van der Waals surface area contributed by atoms with Crippen LogP contribution in [0.15, 0.2) is 42.5 Å². The van der Waals surface area contributed by atoms with Gasteiger partial charge in [0, 0.05) is 5.56 Å². The van der Waals surface area contributed by atoms with Crippen LogP contribution in [0.2, 0.25) is 0 Å². The summed E-state index contributed by atoms with van der Waals surface area (Å²) in [6.45, 7) is 3.87. The molecule has 0 aliphatic carbocycles. The highest BCUT2D eigenvalue weighted by Crippen LogP contribution is 2.33. The number of allylic oxidation sites excluding steroid dienone is 1. The number of rotatable bonds is 8. The van der Waals surface area contributed by atoms with Crippen molar-refractivity contribution >= 4 is 11.9 Å². The maximum Gasteiger partial charge on any atom is 0.189 e. The van der Waals surface area contributed by atoms with Crippen molar-refractivity contribution in [2.75, 3.05) is 21.3 Å². The number of hydrogen-bond acceptors (Lipinski definition) is 5. The second-order valence-electron chi connectivity index (χ2n) is 5.81. The number of hydrogen-bond donors (Lipinski definition) is 0. The van der Waals surface area contributed by atoms with E-state index >= 15 is 0 Å². The van der Waals surface area contributed by atoms with Crippen LogP contribution in [0.25, 0.3) is 6.08 Å². The normalized spacial score (nSPS) is 10.8. The molecule has 26 heavy (non-hydrogen) atoms. The highest BCUT2D eigenvalue weighted by Gasteiger charge is 2.13. The van der Waals surface area contributed by atoms with Crippen LogP contribution in [0.4, 0.5) is 0 Å². The molecule has 0 saturated heterocycles. The summed E-state index contributed by atoms with van der Waals surface area (Å²) in [7, 11) is 4.67. The van der Waals surface area contributed by atoms with Gasteiger partial charge in [0.05, 0.1) is 33.0 Å². The van der Waals surface area contributed by atoms with Crippen LogP contribution >= 0.6 is 0 Å². The summed E-state index contributed by atoms with van der Waals surface area (Å²) in [4.78, 5) is 12.7. The molecular weight excluding hydrogens is 332 g/mol. The first kappa shape index (κ1) is 19.4. The van der Waals surface area contributed by atoms with E-state index in [1.807, 2.05) is 32.0 Å². The average molecular weight is 356 g/mol. The molecule has 138 valence electrons. The van der Waals surface area contributed by atoms with E-state index in [0.29, 0.717) is 28.6 Å². The number of benzene rings is 2. The van der Waals surface area contributed by atoms with Crippen molar-refractivity contribution in [3.05, 3.63) is 53.6 Å². The van der Waals surface area contributed by atoms with Crippen LogP contribution in [-0.4, -0.2) is 33.2 Å². The lowest BCUT2D eigenvalue weighted by atomic mass is 10.1. The van der Waals surface area contributed by atoms with E-state index in [1.54, 1.807) is 38.5 Å². The van der Waals surface area contributed by atoms with Gasteiger partial charge in [-0.1, -0.05) is 12.1 Å². The maximum atomic E-state index is 12.7. The van der Waals surface area contributed by atoms with Crippen LogP contribution < -0.4 is 18.9 Å². The number of ether oxygens (including phenoxy) is 4. The van der Waals surface area contributed by atoms with E-state index in [-0.39, 0.29) is 11.9 Å². The first-order valence-electron chi connectivity index (χ1n) is 8.28. The molecule has 0 fully saturated rings. The minimum atomic E-state index is -0.195. The van der Waals surface area contributed by atoms with Crippen molar-refractivity contribution in [3.8, 4) is 23.0 Å². The lowest BCUT2D eigenvalue weighted by molar-refractivity contribution is 0.104. The second kappa shape index (κ2) is 8.94. The molecule has 0 radical (unpaired) electrons. The van der Waals surface area contributed by atoms with E-state index in [4.69, 9.17) is 18.9 Å². The Morgan fingerprint density at radius 3 is 2.31 bits per heavy atom. The van der Waals surface area contributed by atoms with Crippen LogP contribution in [0.3, 0.4) is 0 Å². The van der Waals surface area contributed by atoms with Crippen molar-refractivity contribution in [1.29, 1.82) is 0 Å². The SMILES string of the molecule is COc1ccc(OC)c(C(=O)/C=C/c2cccc(OC)c2OC(C)C)c1. The molecule has 0 atom stereocenters. The molecule has 2 aromatic carbocycles. The topological polar surface area (TPSA) is 54.0 Å². The third-order valence-corrected chi connectivity index (χ3v) is 3.67. The van der Waals surface area contributed by atoms with Crippen LogP contribution in [0.1, 0.15) is 29.8 Å². The summed E-state index contributed by atoms with van der Waals surface area (Å²) < 4.78 is 21.7. The van der Waals surface area contributed by atoms with Crippen molar-refractivity contribution in [2.45, 2.75) is 20.0 Å². The van der Waals surface area contributed by atoms with Gasteiger partial charge in [-0.2, -0.15) is 0 Å². The Morgan fingerprint density at radius 2 is 1.69 bits per heavy atom. The van der Waals surface area contributed by atoms with Crippen LogP contribution in [0.5, 0.6) is 23.0 Å². The van der Waals surface area contributed by atoms with Gasteiger partial charge in [-0.25, -0.2) is 0 Å². The Balaban J connectivity index is 2.37. The summed E-state index contributed by atoms with van der Waals surface area (Å²) >= 11 is 0. The largest absolute Gasteiger partial charge is 0.497 e. The van der Waals surface area contributed by atoms with E-state index in [1.165, 1.54) is 13.2 Å². The zero-order valence-corrected chi connectivity index (χ0v) is 15.7. The fourth-order valence-electron chi connectivity index (χ4n) is 2.45. The minimum absolute atomic E-state index is 0.0207. The summed E-state index contributed by atoms with van der Waals surface area (Å²) in [6.07, 6.45) is 3.17. The molecule has 5 heteroatoms. The summed E-state index contributed by atoms with van der Waals surface area (Å²) in [5.41, 5.74) is 1.19.